The molecule has 2 heterocycles. The van der Waals surface area contributed by atoms with Crippen LogP contribution in [0.2, 0.25) is 5.02 Å². The van der Waals surface area contributed by atoms with E-state index < -0.39 is 5.60 Å². The quantitative estimate of drug-likeness (QED) is 0.672. The van der Waals surface area contributed by atoms with Crippen molar-refractivity contribution in [3.8, 4) is 0 Å². The van der Waals surface area contributed by atoms with Crippen LogP contribution in [0.25, 0.3) is 0 Å². The first-order chi connectivity index (χ1) is 11.2. The molecule has 6 nitrogen and oxygen atoms in total. The van der Waals surface area contributed by atoms with E-state index in [1.807, 2.05) is 20.8 Å². The van der Waals surface area contributed by atoms with Crippen LogP contribution in [0.3, 0.4) is 0 Å². The van der Waals surface area contributed by atoms with Crippen LogP contribution >= 0.6 is 34.2 Å². The number of piperidine rings is 1. The lowest BCUT2D eigenvalue weighted by molar-refractivity contribution is -0.121. The number of rotatable bonds is 2. The number of likely N-dealkylation sites (tertiary alicyclic amines) is 1. The van der Waals surface area contributed by atoms with Crippen LogP contribution in [0.4, 0.5) is 10.6 Å². The fraction of sp³-hybridized carbons (Fsp3) is 0.562. The van der Waals surface area contributed by atoms with E-state index in [1.54, 1.807) is 11.0 Å². The number of nitrogens with zero attached hydrogens (tertiary/aromatic N) is 2. The first-order valence-corrected chi connectivity index (χ1v) is 9.21. The third-order valence-electron chi connectivity index (χ3n) is 3.50. The molecule has 0 aliphatic carbocycles. The first-order valence-electron chi connectivity index (χ1n) is 7.75. The molecule has 1 N–H and O–H groups in total. The van der Waals surface area contributed by atoms with Gasteiger partial charge in [0.25, 0.3) is 0 Å². The Morgan fingerprint density at radius 1 is 1.46 bits per heavy atom. The summed E-state index contributed by atoms with van der Waals surface area (Å²) in [4.78, 5) is 30.3. The lowest BCUT2D eigenvalue weighted by atomic mass is 9.97. The zero-order valence-electron chi connectivity index (χ0n) is 13.9. The van der Waals surface area contributed by atoms with Crippen molar-refractivity contribution in [3.63, 3.8) is 0 Å². The number of amides is 2. The average molecular weight is 466 g/mol. The molecule has 1 saturated heterocycles. The Kier molecular flexibility index (Phi) is 6.30. The van der Waals surface area contributed by atoms with E-state index in [4.69, 9.17) is 16.3 Å². The summed E-state index contributed by atoms with van der Waals surface area (Å²) in [5.74, 6) is 0.0403. The topological polar surface area (TPSA) is 71.5 Å². The largest absolute Gasteiger partial charge is 0.444 e. The number of carbonyl (C=O) groups excluding carboxylic acids is 2. The predicted molar refractivity (Wildman–Crippen MR) is 101 cm³/mol. The Balaban J connectivity index is 1.97. The molecule has 2 rings (SSSR count). The highest BCUT2D eigenvalue weighted by molar-refractivity contribution is 14.1. The average Bonchev–Trinajstić information content (AvgIpc) is 2.49. The van der Waals surface area contributed by atoms with Crippen molar-refractivity contribution >= 4 is 52.0 Å². The number of pyridine rings is 1. The van der Waals surface area contributed by atoms with E-state index in [2.05, 4.69) is 32.9 Å². The van der Waals surface area contributed by atoms with Crippen molar-refractivity contribution in [1.29, 1.82) is 0 Å². The molecule has 0 saturated carbocycles. The van der Waals surface area contributed by atoms with Crippen molar-refractivity contribution in [2.45, 2.75) is 39.2 Å². The van der Waals surface area contributed by atoms with Gasteiger partial charge in [0.05, 0.1) is 10.9 Å². The lowest BCUT2D eigenvalue weighted by Crippen LogP contribution is -2.45. The third kappa shape index (κ3) is 5.47. The van der Waals surface area contributed by atoms with Gasteiger partial charge in [0.1, 0.15) is 11.4 Å². The highest BCUT2D eigenvalue weighted by Crippen LogP contribution is 2.23. The van der Waals surface area contributed by atoms with Crippen molar-refractivity contribution in [2.24, 2.45) is 5.92 Å². The fourth-order valence-electron chi connectivity index (χ4n) is 2.39. The zero-order valence-corrected chi connectivity index (χ0v) is 16.8. The van der Waals surface area contributed by atoms with Gasteiger partial charge in [-0.25, -0.2) is 9.78 Å². The predicted octanol–water partition coefficient (Wildman–Crippen LogP) is 3.93. The number of hydrogen-bond donors (Lipinski definition) is 1. The van der Waals surface area contributed by atoms with Gasteiger partial charge in [-0.05, 0) is 62.3 Å². The number of halogens is 2. The molecule has 0 bridgehead atoms. The van der Waals surface area contributed by atoms with Gasteiger partial charge in [0.2, 0.25) is 5.91 Å². The smallest absolute Gasteiger partial charge is 0.410 e. The number of ether oxygens (including phenoxy) is 1. The summed E-state index contributed by atoms with van der Waals surface area (Å²) in [6.45, 7) is 6.44. The maximum absolute atomic E-state index is 12.5. The molecule has 0 aromatic carbocycles. The van der Waals surface area contributed by atoms with Gasteiger partial charge in [-0.3, -0.25) is 4.79 Å². The molecule has 1 aliphatic rings. The van der Waals surface area contributed by atoms with Gasteiger partial charge in [-0.1, -0.05) is 11.6 Å². The summed E-state index contributed by atoms with van der Waals surface area (Å²) in [6, 6.07) is 1.72. The molecular weight excluding hydrogens is 445 g/mol. The summed E-state index contributed by atoms with van der Waals surface area (Å²) >= 11 is 8.01. The van der Waals surface area contributed by atoms with Crippen molar-refractivity contribution < 1.29 is 14.3 Å². The molecule has 8 heteroatoms. The molecule has 24 heavy (non-hydrogen) atoms. The third-order valence-corrected chi connectivity index (χ3v) is 5.02. The highest BCUT2D eigenvalue weighted by Gasteiger charge is 2.31. The van der Waals surface area contributed by atoms with Crippen molar-refractivity contribution in [2.75, 3.05) is 18.4 Å². The van der Waals surface area contributed by atoms with Gasteiger partial charge in [0, 0.05) is 22.9 Å². The minimum Gasteiger partial charge on any atom is -0.444 e. The molecular formula is C16H21ClIN3O3. The Morgan fingerprint density at radius 3 is 2.79 bits per heavy atom. The minimum atomic E-state index is -0.545. The Hall–Kier alpha value is -1.09. The maximum Gasteiger partial charge on any atom is 0.410 e. The maximum atomic E-state index is 12.5. The minimum absolute atomic E-state index is 0.145. The second-order valence-electron chi connectivity index (χ2n) is 6.74. The molecule has 1 aliphatic heterocycles. The van der Waals surface area contributed by atoms with Crippen LogP contribution in [0.15, 0.2) is 12.3 Å². The summed E-state index contributed by atoms with van der Waals surface area (Å²) in [5, 5.41) is 3.34. The number of anilines is 1. The van der Waals surface area contributed by atoms with Crippen molar-refractivity contribution in [1.82, 2.24) is 9.88 Å². The van der Waals surface area contributed by atoms with E-state index in [-0.39, 0.29) is 17.9 Å². The van der Waals surface area contributed by atoms with Gasteiger partial charge >= 0.3 is 6.09 Å². The van der Waals surface area contributed by atoms with Crippen LogP contribution < -0.4 is 5.32 Å². The van der Waals surface area contributed by atoms with Gasteiger partial charge in [-0.2, -0.15) is 0 Å². The Morgan fingerprint density at radius 2 is 2.17 bits per heavy atom. The summed E-state index contributed by atoms with van der Waals surface area (Å²) in [5.41, 5.74) is -0.545. The molecule has 0 unspecified atom stereocenters. The molecule has 1 fully saturated rings. The van der Waals surface area contributed by atoms with Gasteiger partial charge in [0.15, 0.2) is 0 Å². The first kappa shape index (κ1) is 19.2. The molecule has 0 radical (unpaired) electrons. The zero-order chi connectivity index (χ0) is 17.9. The normalized spacial score (nSPS) is 18.2. The van der Waals surface area contributed by atoms with Crippen molar-refractivity contribution in [3.05, 3.63) is 20.9 Å². The lowest BCUT2D eigenvalue weighted by Gasteiger charge is -2.33. The molecule has 132 valence electrons. The second kappa shape index (κ2) is 7.86. The monoisotopic (exact) mass is 465 g/mol. The summed E-state index contributed by atoms with van der Waals surface area (Å²) in [7, 11) is 0. The number of hydrogen-bond acceptors (Lipinski definition) is 4. The van der Waals surface area contributed by atoms with Crippen LogP contribution in [-0.4, -0.2) is 40.6 Å². The summed E-state index contributed by atoms with van der Waals surface area (Å²) < 4.78 is 6.20. The van der Waals surface area contributed by atoms with Crippen LogP contribution in [-0.2, 0) is 9.53 Å². The standard InChI is InChI=1S/C16H21ClIN3O3/c1-16(2,3)24-15(23)21-6-4-5-10(9-21)14(22)20-13-7-12(18)11(17)8-19-13/h7-8,10H,4-6,9H2,1-3H3,(H,19,20,22)/t10-/m1/s1. The van der Waals surface area contributed by atoms with E-state index in [0.717, 1.165) is 16.4 Å². The second-order valence-corrected chi connectivity index (χ2v) is 8.31. The molecule has 0 spiro atoms. The molecule has 2 amide bonds. The molecule has 1 atom stereocenters. The SMILES string of the molecule is CC(C)(C)OC(=O)N1CCC[C@@H](C(=O)Nc2cc(I)c(Cl)cn2)C1. The van der Waals surface area contributed by atoms with Crippen LogP contribution in [0.1, 0.15) is 33.6 Å². The van der Waals surface area contributed by atoms with Gasteiger partial charge < -0.3 is 15.0 Å². The van der Waals surface area contributed by atoms with Gasteiger partial charge in [-0.15, -0.1) is 0 Å². The van der Waals surface area contributed by atoms with Crippen LogP contribution in [0.5, 0.6) is 0 Å². The molecule has 1 aromatic rings. The van der Waals surface area contributed by atoms with E-state index in [0.29, 0.717) is 23.9 Å². The molecule has 1 aromatic heterocycles. The van der Waals surface area contributed by atoms with E-state index in [1.165, 1.54) is 6.20 Å². The fourth-order valence-corrected chi connectivity index (χ4v) is 2.93. The summed E-state index contributed by atoms with van der Waals surface area (Å²) in [6.07, 6.45) is 2.63. The van der Waals surface area contributed by atoms with Crippen LogP contribution in [0, 0.1) is 9.49 Å². The van der Waals surface area contributed by atoms with E-state index >= 15 is 0 Å². The highest BCUT2D eigenvalue weighted by atomic mass is 127. The number of nitrogens with one attached hydrogen (secondary N) is 1. The van der Waals surface area contributed by atoms with E-state index in [9.17, 15) is 9.59 Å². The number of carbonyl (C=O) groups is 2. The number of aromatic nitrogens is 1. The Labute approximate surface area is 160 Å². The Bertz CT molecular complexity index is 633.